The fourth-order valence-electron chi connectivity index (χ4n) is 7.32. The molecule has 346 valence electrons. The maximum Gasteiger partial charge on any atom is 0.326 e. The third kappa shape index (κ3) is 43.2. The number of esters is 1. The van der Waals surface area contributed by atoms with Crippen molar-refractivity contribution in [2.75, 3.05) is 6.54 Å². The average Bonchev–Trinajstić information content (AvgIpc) is 3.23. The second kappa shape index (κ2) is 47.1. The molecule has 0 fully saturated rings. The van der Waals surface area contributed by atoms with Crippen molar-refractivity contribution in [2.24, 2.45) is 5.73 Å². The molecule has 0 aliphatic heterocycles. The van der Waals surface area contributed by atoms with Gasteiger partial charge in [0.05, 0.1) is 0 Å². The van der Waals surface area contributed by atoms with E-state index in [4.69, 9.17) is 10.5 Å². The van der Waals surface area contributed by atoms with Crippen LogP contribution in [0, 0.1) is 0 Å². The van der Waals surface area contributed by atoms with Crippen molar-refractivity contribution >= 4 is 17.8 Å². The number of aliphatic carboxylic acids is 1. The molecule has 0 aromatic carbocycles. The van der Waals surface area contributed by atoms with Gasteiger partial charge in [-0.1, -0.05) is 184 Å². The predicted molar refractivity (Wildman–Crippen MR) is 257 cm³/mol. The summed E-state index contributed by atoms with van der Waals surface area (Å²) in [4.78, 5) is 36.5. The number of allylic oxidation sites excluding steroid dienone is 10. The van der Waals surface area contributed by atoms with Crippen LogP contribution in [0.1, 0.15) is 239 Å². The Bertz CT molecular complexity index is 1130. The van der Waals surface area contributed by atoms with E-state index in [0.717, 1.165) is 89.9 Å². The van der Waals surface area contributed by atoms with Gasteiger partial charge in [-0.25, -0.2) is 4.79 Å². The standard InChI is InChI=1S/C53H94N2O5/c1-3-5-7-9-11-13-15-17-18-19-20-21-22-23-24-26-28-30-32-37-41-47-52(57)60-49(43-38-34-31-29-27-25-16-14-12-10-8-6-4-2)44-39-35-33-36-40-46-51(56)55-50(53(58)59)45-42-48-54/h6,8,12,14,19-20,25,27,31,34,49-50H,3-5,7,9-11,13,15-18,21-24,26,28-30,32-33,35-48,54H2,1-2H3,(H,55,56)(H,58,59)/b8-6-,14-12-,20-19-,27-25-,34-31-. The lowest BCUT2D eigenvalue weighted by Crippen LogP contribution is -2.40. The Morgan fingerprint density at radius 2 is 0.950 bits per heavy atom. The monoisotopic (exact) mass is 839 g/mol. The van der Waals surface area contributed by atoms with Crippen LogP contribution < -0.4 is 11.1 Å². The highest BCUT2D eigenvalue weighted by molar-refractivity contribution is 5.83. The Kier molecular flexibility index (Phi) is 44.8. The van der Waals surface area contributed by atoms with E-state index in [-0.39, 0.29) is 18.0 Å². The largest absolute Gasteiger partial charge is 0.480 e. The van der Waals surface area contributed by atoms with Crippen LogP contribution in [0.5, 0.6) is 0 Å². The maximum absolute atomic E-state index is 12.9. The van der Waals surface area contributed by atoms with Crippen LogP contribution in [0.2, 0.25) is 0 Å². The number of rotatable bonds is 45. The first kappa shape index (κ1) is 57.1. The highest BCUT2D eigenvalue weighted by Gasteiger charge is 2.19. The van der Waals surface area contributed by atoms with Gasteiger partial charge >= 0.3 is 11.9 Å². The molecule has 2 unspecified atom stereocenters. The number of carboxylic acid groups (broad SMARTS) is 1. The van der Waals surface area contributed by atoms with Crippen molar-refractivity contribution in [1.82, 2.24) is 5.32 Å². The summed E-state index contributed by atoms with van der Waals surface area (Å²) in [5.41, 5.74) is 5.49. The molecular weight excluding hydrogens is 745 g/mol. The van der Waals surface area contributed by atoms with Gasteiger partial charge in [0, 0.05) is 12.8 Å². The summed E-state index contributed by atoms with van der Waals surface area (Å²) in [6.45, 7) is 4.84. The zero-order valence-corrected chi connectivity index (χ0v) is 39.0. The molecule has 0 radical (unpaired) electrons. The van der Waals surface area contributed by atoms with E-state index >= 15 is 0 Å². The van der Waals surface area contributed by atoms with Crippen molar-refractivity contribution in [3.63, 3.8) is 0 Å². The first-order valence-electron chi connectivity index (χ1n) is 25.1. The van der Waals surface area contributed by atoms with Gasteiger partial charge in [-0.2, -0.15) is 0 Å². The van der Waals surface area contributed by atoms with Crippen LogP contribution in [0.15, 0.2) is 60.8 Å². The summed E-state index contributed by atoms with van der Waals surface area (Å²) in [5, 5.41) is 12.0. The molecule has 0 aromatic rings. The van der Waals surface area contributed by atoms with Crippen LogP contribution in [-0.4, -0.2) is 41.6 Å². The SMILES string of the molecule is CC/C=C\C/C=C\C/C=C\C/C=C\CCC(CCCCCCCC(=O)NC(CCCN)C(=O)O)OC(=O)CCCCCCCCCCC/C=C\CCCCCCCCCC. The third-order valence-corrected chi connectivity index (χ3v) is 11.1. The molecule has 1 amide bonds. The van der Waals surface area contributed by atoms with Crippen LogP contribution in [0.25, 0.3) is 0 Å². The minimum absolute atomic E-state index is 0.0610. The van der Waals surface area contributed by atoms with E-state index in [1.807, 2.05) is 0 Å². The topological polar surface area (TPSA) is 119 Å². The molecular formula is C53H94N2O5. The third-order valence-electron chi connectivity index (χ3n) is 11.1. The second-order valence-electron chi connectivity index (χ2n) is 16.8. The van der Waals surface area contributed by atoms with Crippen LogP contribution in [-0.2, 0) is 19.1 Å². The van der Waals surface area contributed by atoms with Crippen molar-refractivity contribution in [1.29, 1.82) is 0 Å². The highest BCUT2D eigenvalue weighted by Crippen LogP contribution is 2.18. The number of nitrogens with one attached hydrogen (secondary N) is 1. The number of hydrogen-bond acceptors (Lipinski definition) is 5. The Balaban J connectivity index is 4.31. The zero-order valence-electron chi connectivity index (χ0n) is 39.0. The molecule has 0 rings (SSSR count). The van der Waals surface area contributed by atoms with E-state index in [9.17, 15) is 19.5 Å². The first-order valence-corrected chi connectivity index (χ1v) is 25.1. The second-order valence-corrected chi connectivity index (χ2v) is 16.8. The quantitative estimate of drug-likeness (QED) is 0.0319. The normalized spacial score (nSPS) is 13.1. The molecule has 0 saturated carbocycles. The summed E-state index contributed by atoms with van der Waals surface area (Å²) in [7, 11) is 0. The van der Waals surface area contributed by atoms with Gasteiger partial charge < -0.3 is 20.9 Å². The van der Waals surface area contributed by atoms with Crippen molar-refractivity contribution in [3.8, 4) is 0 Å². The number of ether oxygens (including phenoxy) is 1. The average molecular weight is 839 g/mol. The highest BCUT2D eigenvalue weighted by atomic mass is 16.5. The first-order chi connectivity index (χ1) is 29.4. The molecule has 0 spiro atoms. The molecule has 0 heterocycles. The molecule has 7 nitrogen and oxygen atoms in total. The lowest BCUT2D eigenvalue weighted by molar-refractivity contribution is -0.150. The summed E-state index contributed by atoms with van der Waals surface area (Å²) < 4.78 is 6.03. The fourth-order valence-corrected chi connectivity index (χ4v) is 7.32. The number of unbranched alkanes of at least 4 members (excludes halogenated alkanes) is 21. The van der Waals surface area contributed by atoms with E-state index in [0.29, 0.717) is 32.2 Å². The number of amides is 1. The van der Waals surface area contributed by atoms with Crippen molar-refractivity contribution in [3.05, 3.63) is 60.8 Å². The summed E-state index contributed by atoms with van der Waals surface area (Å²) in [6.07, 6.45) is 60.0. The summed E-state index contributed by atoms with van der Waals surface area (Å²) in [5.74, 6) is -1.28. The molecule has 60 heavy (non-hydrogen) atoms. The minimum atomic E-state index is -1.01. The predicted octanol–water partition coefficient (Wildman–Crippen LogP) is 14.9. The van der Waals surface area contributed by atoms with E-state index < -0.39 is 12.0 Å². The van der Waals surface area contributed by atoms with Gasteiger partial charge in [0.15, 0.2) is 0 Å². The Morgan fingerprint density at radius 3 is 1.47 bits per heavy atom. The molecule has 0 aromatic heterocycles. The van der Waals surface area contributed by atoms with Crippen molar-refractivity contribution < 1.29 is 24.2 Å². The molecule has 0 bridgehead atoms. The van der Waals surface area contributed by atoms with Crippen LogP contribution in [0.3, 0.4) is 0 Å². The summed E-state index contributed by atoms with van der Waals surface area (Å²) in [6, 6.07) is -0.867. The zero-order chi connectivity index (χ0) is 43.8. The number of hydrogen-bond donors (Lipinski definition) is 3. The lowest BCUT2D eigenvalue weighted by Gasteiger charge is -2.17. The van der Waals surface area contributed by atoms with E-state index in [1.54, 1.807) is 0 Å². The van der Waals surface area contributed by atoms with Gasteiger partial charge in [-0.3, -0.25) is 9.59 Å². The minimum Gasteiger partial charge on any atom is -0.480 e. The Labute approximate surface area is 370 Å². The lowest BCUT2D eigenvalue weighted by atomic mass is 10.0. The molecule has 4 N–H and O–H groups in total. The van der Waals surface area contributed by atoms with Gasteiger partial charge in [0.25, 0.3) is 0 Å². The van der Waals surface area contributed by atoms with Crippen LogP contribution in [0.4, 0.5) is 0 Å². The van der Waals surface area contributed by atoms with Crippen LogP contribution >= 0.6 is 0 Å². The molecule has 7 heteroatoms. The molecule has 0 aliphatic carbocycles. The Morgan fingerprint density at radius 1 is 0.500 bits per heavy atom. The molecule has 2 atom stereocenters. The maximum atomic E-state index is 12.9. The van der Waals surface area contributed by atoms with Gasteiger partial charge in [-0.15, -0.1) is 0 Å². The van der Waals surface area contributed by atoms with Gasteiger partial charge in [-0.05, 0) is 109 Å². The fraction of sp³-hybridized carbons (Fsp3) is 0.755. The number of carbonyl (C=O) groups excluding carboxylic acids is 2. The smallest absolute Gasteiger partial charge is 0.326 e. The Hall–Kier alpha value is -2.93. The van der Waals surface area contributed by atoms with E-state index in [2.05, 4.69) is 79.9 Å². The number of carboxylic acids is 1. The molecule has 0 saturated heterocycles. The van der Waals surface area contributed by atoms with Crippen molar-refractivity contribution in [2.45, 2.75) is 251 Å². The van der Waals surface area contributed by atoms with Gasteiger partial charge in [0.2, 0.25) is 5.91 Å². The number of carbonyl (C=O) groups is 3. The summed E-state index contributed by atoms with van der Waals surface area (Å²) >= 11 is 0. The molecule has 0 aliphatic rings. The van der Waals surface area contributed by atoms with E-state index in [1.165, 1.54) is 109 Å². The number of nitrogens with two attached hydrogens (primary N) is 1. The van der Waals surface area contributed by atoms with Gasteiger partial charge in [0.1, 0.15) is 12.1 Å².